The number of fused-ring (bicyclic) bond motifs is 1. The number of aliphatic carboxylic acids is 1. The van der Waals surface area contributed by atoms with E-state index in [2.05, 4.69) is 32.3 Å². The molecule has 3 aromatic heterocycles. The Morgan fingerprint density at radius 1 is 1.18 bits per heavy atom. The standard InChI is InChI=1S/C22H16N4O7/c1-12-5-3-4-6-14(12)13(2)30-22(29)24-15-11-23-33-16(15)7-8-17-25-20-21(31-17)26-18(32-20)9-10-19(27)28/h3-6,9-11,13H,1-2H3,(H,24,29)(H,27,28)/b10-9-. The van der Waals surface area contributed by atoms with Gasteiger partial charge in [-0.2, -0.15) is 9.97 Å². The first kappa shape index (κ1) is 21.4. The lowest BCUT2D eigenvalue weighted by molar-refractivity contribution is -0.131. The van der Waals surface area contributed by atoms with Gasteiger partial charge in [-0.05, 0) is 30.9 Å². The lowest BCUT2D eigenvalue weighted by Crippen LogP contribution is -2.16. The van der Waals surface area contributed by atoms with Crippen molar-refractivity contribution in [1.82, 2.24) is 15.1 Å². The normalized spacial score (nSPS) is 11.8. The topological polar surface area (TPSA) is 154 Å². The molecule has 0 saturated heterocycles. The third-order valence-electron chi connectivity index (χ3n) is 4.36. The van der Waals surface area contributed by atoms with Crippen molar-refractivity contribution in [1.29, 1.82) is 0 Å². The molecule has 0 aliphatic rings. The van der Waals surface area contributed by atoms with E-state index in [1.165, 1.54) is 6.20 Å². The number of carbonyl (C=O) groups excluding carboxylic acids is 1. The van der Waals surface area contributed by atoms with Gasteiger partial charge in [0.15, 0.2) is 0 Å². The Morgan fingerprint density at radius 3 is 2.73 bits per heavy atom. The first-order valence-corrected chi connectivity index (χ1v) is 9.57. The monoisotopic (exact) mass is 448 g/mol. The Morgan fingerprint density at radius 2 is 1.97 bits per heavy atom. The zero-order valence-electron chi connectivity index (χ0n) is 17.4. The number of carbonyl (C=O) groups is 2. The van der Waals surface area contributed by atoms with Crippen molar-refractivity contribution in [3.8, 4) is 11.8 Å². The second kappa shape index (κ2) is 9.11. The maximum absolute atomic E-state index is 12.3. The number of rotatable bonds is 5. The van der Waals surface area contributed by atoms with Gasteiger partial charge in [-0.25, -0.2) is 9.59 Å². The van der Waals surface area contributed by atoms with E-state index in [9.17, 15) is 9.59 Å². The van der Waals surface area contributed by atoms with Crippen LogP contribution in [0.15, 0.2) is 49.9 Å². The summed E-state index contributed by atoms with van der Waals surface area (Å²) in [5.74, 6) is 4.18. The van der Waals surface area contributed by atoms with Crippen molar-refractivity contribution in [2.45, 2.75) is 20.0 Å². The van der Waals surface area contributed by atoms with Crippen molar-refractivity contribution < 1.29 is 32.8 Å². The molecular formula is C22H16N4O7. The molecule has 3 heterocycles. The molecule has 0 radical (unpaired) electrons. The number of anilines is 1. The summed E-state index contributed by atoms with van der Waals surface area (Å²) in [6, 6.07) is 7.60. The van der Waals surface area contributed by atoms with Crippen molar-refractivity contribution in [2.75, 3.05) is 5.32 Å². The van der Waals surface area contributed by atoms with Crippen LogP contribution in [-0.4, -0.2) is 32.3 Å². The number of nitrogens with one attached hydrogen (secondary N) is 1. The number of aromatic nitrogens is 3. The number of amides is 1. The predicted molar refractivity (Wildman–Crippen MR) is 113 cm³/mol. The van der Waals surface area contributed by atoms with Gasteiger partial charge in [-0.1, -0.05) is 29.4 Å². The van der Waals surface area contributed by atoms with Gasteiger partial charge in [0.05, 0.1) is 6.20 Å². The van der Waals surface area contributed by atoms with Crippen LogP contribution in [0, 0.1) is 18.8 Å². The Hall–Kier alpha value is -4.85. The van der Waals surface area contributed by atoms with E-state index >= 15 is 0 Å². The fraction of sp³-hybridized carbons (Fsp3) is 0.136. The molecule has 2 N–H and O–H groups in total. The lowest BCUT2D eigenvalue weighted by atomic mass is 10.1. The van der Waals surface area contributed by atoms with Gasteiger partial charge >= 0.3 is 12.1 Å². The zero-order valence-corrected chi connectivity index (χ0v) is 17.4. The highest BCUT2D eigenvalue weighted by atomic mass is 16.6. The van der Waals surface area contributed by atoms with E-state index in [0.29, 0.717) is 0 Å². The molecule has 4 aromatic rings. The average molecular weight is 448 g/mol. The average Bonchev–Trinajstić information content (AvgIpc) is 3.45. The highest BCUT2D eigenvalue weighted by Gasteiger charge is 2.16. The molecule has 0 fully saturated rings. The second-order valence-electron chi connectivity index (χ2n) is 6.70. The molecule has 166 valence electrons. The fourth-order valence-electron chi connectivity index (χ4n) is 2.86. The van der Waals surface area contributed by atoms with Crippen LogP contribution in [0.5, 0.6) is 0 Å². The molecule has 11 heteroatoms. The summed E-state index contributed by atoms with van der Waals surface area (Å²) in [6.07, 6.45) is 2.16. The van der Waals surface area contributed by atoms with E-state index in [4.69, 9.17) is 23.2 Å². The quantitative estimate of drug-likeness (QED) is 0.339. The fourth-order valence-corrected chi connectivity index (χ4v) is 2.86. The molecule has 33 heavy (non-hydrogen) atoms. The zero-order chi connectivity index (χ0) is 23.4. The Balaban J connectivity index is 1.43. The van der Waals surface area contributed by atoms with Crippen LogP contribution in [-0.2, 0) is 9.53 Å². The van der Waals surface area contributed by atoms with Crippen LogP contribution in [0.25, 0.3) is 17.5 Å². The molecule has 0 saturated carbocycles. The lowest BCUT2D eigenvalue weighted by Gasteiger charge is -2.15. The Labute approximate surface area is 186 Å². The number of benzene rings is 1. The van der Waals surface area contributed by atoms with Gasteiger partial charge in [0.25, 0.3) is 17.3 Å². The van der Waals surface area contributed by atoms with E-state index in [-0.39, 0.29) is 34.7 Å². The summed E-state index contributed by atoms with van der Waals surface area (Å²) >= 11 is 0. The number of aryl methyl sites for hydroxylation is 1. The van der Waals surface area contributed by atoms with Crippen LogP contribution < -0.4 is 5.32 Å². The molecule has 1 unspecified atom stereocenters. The summed E-state index contributed by atoms with van der Waals surface area (Å²) in [4.78, 5) is 30.8. The third-order valence-corrected chi connectivity index (χ3v) is 4.36. The summed E-state index contributed by atoms with van der Waals surface area (Å²) in [6.45, 7) is 3.70. The van der Waals surface area contributed by atoms with Crippen LogP contribution >= 0.6 is 0 Å². The first-order chi connectivity index (χ1) is 15.9. The minimum absolute atomic E-state index is 0.0249. The Kier molecular flexibility index (Phi) is 5.90. The predicted octanol–water partition coefficient (Wildman–Crippen LogP) is 3.92. The van der Waals surface area contributed by atoms with Crippen molar-refractivity contribution in [3.63, 3.8) is 0 Å². The highest BCUT2D eigenvalue weighted by Crippen LogP contribution is 2.22. The molecule has 1 atom stereocenters. The molecule has 11 nitrogen and oxygen atoms in total. The van der Waals surface area contributed by atoms with E-state index in [0.717, 1.165) is 23.3 Å². The number of nitrogens with zero attached hydrogens (tertiary/aromatic N) is 3. The van der Waals surface area contributed by atoms with Gasteiger partial charge in [-0.15, -0.1) is 0 Å². The number of oxazole rings is 2. The van der Waals surface area contributed by atoms with Crippen LogP contribution in [0.4, 0.5) is 10.5 Å². The summed E-state index contributed by atoms with van der Waals surface area (Å²) < 4.78 is 21.1. The van der Waals surface area contributed by atoms with Gasteiger partial charge in [-0.3, -0.25) is 5.32 Å². The van der Waals surface area contributed by atoms with Crippen LogP contribution in [0.2, 0.25) is 0 Å². The minimum Gasteiger partial charge on any atom is -0.478 e. The Bertz CT molecular complexity index is 1390. The maximum Gasteiger partial charge on any atom is 0.412 e. The number of hydrogen-bond donors (Lipinski definition) is 2. The smallest absolute Gasteiger partial charge is 0.412 e. The van der Waals surface area contributed by atoms with E-state index in [1.807, 2.05) is 31.2 Å². The van der Waals surface area contributed by atoms with Crippen LogP contribution in [0.1, 0.15) is 41.7 Å². The van der Waals surface area contributed by atoms with Gasteiger partial charge < -0.3 is 23.2 Å². The number of ether oxygens (including phenoxy) is 1. The summed E-state index contributed by atoms with van der Waals surface area (Å²) in [5.41, 5.74) is 2.20. The van der Waals surface area contributed by atoms with E-state index in [1.54, 1.807) is 6.92 Å². The molecular weight excluding hydrogens is 432 g/mol. The molecule has 1 amide bonds. The van der Waals surface area contributed by atoms with Gasteiger partial charge in [0.2, 0.25) is 11.7 Å². The second-order valence-corrected chi connectivity index (χ2v) is 6.70. The van der Waals surface area contributed by atoms with Gasteiger partial charge in [0.1, 0.15) is 11.8 Å². The van der Waals surface area contributed by atoms with Crippen molar-refractivity contribution in [2.24, 2.45) is 0 Å². The minimum atomic E-state index is -1.14. The number of hydrogen-bond acceptors (Lipinski definition) is 9. The molecule has 0 bridgehead atoms. The van der Waals surface area contributed by atoms with Gasteiger partial charge in [0, 0.05) is 18.1 Å². The van der Waals surface area contributed by atoms with Crippen molar-refractivity contribution >= 4 is 35.3 Å². The maximum atomic E-state index is 12.3. The van der Waals surface area contributed by atoms with Crippen LogP contribution in [0.3, 0.4) is 0 Å². The largest absolute Gasteiger partial charge is 0.478 e. The molecule has 4 rings (SSSR count). The third kappa shape index (κ3) is 5.08. The summed E-state index contributed by atoms with van der Waals surface area (Å²) in [5, 5.41) is 14.8. The molecule has 0 spiro atoms. The first-order valence-electron chi connectivity index (χ1n) is 9.57. The number of carboxylic acids is 1. The molecule has 0 aliphatic carbocycles. The SMILES string of the molecule is Cc1ccccc1C(C)OC(=O)Nc1cnoc1C#Cc1nc2oc(/C=C\C(=O)O)nc2o1. The van der Waals surface area contributed by atoms with E-state index < -0.39 is 18.2 Å². The molecule has 1 aromatic carbocycles. The summed E-state index contributed by atoms with van der Waals surface area (Å²) in [7, 11) is 0. The highest BCUT2D eigenvalue weighted by molar-refractivity contribution is 5.86. The molecule has 0 aliphatic heterocycles. The number of carboxylic acid groups (broad SMARTS) is 1. The van der Waals surface area contributed by atoms with Crippen molar-refractivity contribution in [3.05, 3.63) is 65.2 Å².